The van der Waals surface area contributed by atoms with Gasteiger partial charge in [0.15, 0.2) is 0 Å². The number of carbonyl (C=O) groups is 2. The molecule has 2 amide bonds. The standard InChI is InChI=1S/C21H22N6O2S/c1-14-4-2-5-16(12-14)26-19(28)13-17(21(26)29)25-9-7-15(8-10-25)27-23-20(22-24-27)18-6-3-11-30-18/h2-6,11-12,15,17H,7-10,13H2,1H3. The molecule has 154 valence electrons. The molecule has 2 aromatic heterocycles. The van der Waals surface area contributed by atoms with Crippen LogP contribution in [0.25, 0.3) is 10.7 Å². The summed E-state index contributed by atoms with van der Waals surface area (Å²) < 4.78 is 0. The van der Waals surface area contributed by atoms with Crippen LogP contribution in [-0.2, 0) is 9.59 Å². The third-order valence-corrected chi connectivity index (χ3v) is 6.68. The fraction of sp³-hybridized carbons (Fsp3) is 0.381. The van der Waals surface area contributed by atoms with Crippen LogP contribution in [0.5, 0.6) is 0 Å². The molecule has 1 atom stereocenters. The number of imide groups is 1. The minimum Gasteiger partial charge on any atom is -0.291 e. The zero-order valence-corrected chi connectivity index (χ0v) is 17.5. The second-order valence-corrected chi connectivity index (χ2v) is 8.75. The van der Waals surface area contributed by atoms with E-state index in [1.807, 2.05) is 48.7 Å². The smallest absolute Gasteiger partial charge is 0.251 e. The number of hydrogen-bond donors (Lipinski definition) is 0. The molecule has 5 rings (SSSR count). The maximum Gasteiger partial charge on any atom is 0.251 e. The molecule has 0 radical (unpaired) electrons. The molecule has 2 fully saturated rings. The van der Waals surface area contributed by atoms with Crippen molar-refractivity contribution >= 4 is 28.8 Å². The summed E-state index contributed by atoms with van der Waals surface area (Å²) in [6.07, 6.45) is 1.88. The zero-order chi connectivity index (χ0) is 20.7. The highest BCUT2D eigenvalue weighted by atomic mass is 32.1. The lowest BCUT2D eigenvalue weighted by atomic mass is 10.0. The van der Waals surface area contributed by atoms with Crippen molar-refractivity contribution in [1.29, 1.82) is 0 Å². The molecular weight excluding hydrogens is 400 g/mol. The summed E-state index contributed by atoms with van der Waals surface area (Å²) >= 11 is 1.59. The fourth-order valence-electron chi connectivity index (χ4n) is 4.25. The number of anilines is 1. The molecule has 1 aromatic carbocycles. The molecule has 30 heavy (non-hydrogen) atoms. The first-order chi connectivity index (χ1) is 14.6. The van der Waals surface area contributed by atoms with E-state index in [-0.39, 0.29) is 30.3 Å². The highest BCUT2D eigenvalue weighted by Crippen LogP contribution is 2.30. The Bertz CT molecular complexity index is 1070. The number of amides is 2. The van der Waals surface area contributed by atoms with E-state index in [0.29, 0.717) is 11.5 Å². The SMILES string of the molecule is Cc1cccc(N2C(=O)CC(N3CCC(n4nnc(-c5cccs5)n4)CC3)C2=O)c1. The van der Waals surface area contributed by atoms with Crippen LogP contribution in [0.1, 0.15) is 30.9 Å². The summed E-state index contributed by atoms with van der Waals surface area (Å²) in [5.74, 6) is 0.400. The Hall–Kier alpha value is -2.91. The quantitative estimate of drug-likeness (QED) is 0.601. The van der Waals surface area contributed by atoms with E-state index in [1.165, 1.54) is 4.90 Å². The Morgan fingerprint density at radius 1 is 1.10 bits per heavy atom. The molecular formula is C21H22N6O2S. The van der Waals surface area contributed by atoms with Crippen molar-refractivity contribution < 1.29 is 9.59 Å². The number of thiophene rings is 1. The first kappa shape index (κ1) is 19.1. The van der Waals surface area contributed by atoms with Gasteiger partial charge >= 0.3 is 0 Å². The maximum atomic E-state index is 13.0. The Balaban J connectivity index is 1.25. The van der Waals surface area contributed by atoms with Gasteiger partial charge in [0.1, 0.15) is 0 Å². The number of rotatable bonds is 4. The molecule has 2 saturated heterocycles. The number of hydrogen-bond acceptors (Lipinski definition) is 7. The van der Waals surface area contributed by atoms with Crippen molar-refractivity contribution in [2.24, 2.45) is 0 Å². The number of nitrogens with zero attached hydrogens (tertiary/aromatic N) is 6. The molecule has 0 N–H and O–H groups in total. The minimum absolute atomic E-state index is 0.122. The lowest BCUT2D eigenvalue weighted by Crippen LogP contribution is -2.46. The summed E-state index contributed by atoms with van der Waals surface area (Å²) in [7, 11) is 0. The van der Waals surface area contributed by atoms with Crippen LogP contribution in [0.4, 0.5) is 5.69 Å². The summed E-state index contributed by atoms with van der Waals surface area (Å²) in [5.41, 5.74) is 1.69. The Morgan fingerprint density at radius 3 is 2.67 bits per heavy atom. The van der Waals surface area contributed by atoms with Gasteiger partial charge in [0.05, 0.1) is 29.1 Å². The Morgan fingerprint density at radius 2 is 1.93 bits per heavy atom. The van der Waals surface area contributed by atoms with Crippen LogP contribution in [0, 0.1) is 6.92 Å². The predicted molar refractivity (Wildman–Crippen MR) is 113 cm³/mol. The average molecular weight is 423 g/mol. The second-order valence-electron chi connectivity index (χ2n) is 7.80. The monoisotopic (exact) mass is 422 g/mol. The van der Waals surface area contributed by atoms with E-state index in [1.54, 1.807) is 16.1 Å². The van der Waals surface area contributed by atoms with Gasteiger partial charge in [0.2, 0.25) is 11.7 Å². The van der Waals surface area contributed by atoms with E-state index >= 15 is 0 Å². The molecule has 8 nitrogen and oxygen atoms in total. The van der Waals surface area contributed by atoms with E-state index in [0.717, 1.165) is 36.4 Å². The lowest BCUT2D eigenvalue weighted by Gasteiger charge is -2.34. The van der Waals surface area contributed by atoms with Gasteiger partial charge in [-0.1, -0.05) is 18.2 Å². The topological polar surface area (TPSA) is 84.2 Å². The third kappa shape index (κ3) is 3.44. The Kier molecular flexibility index (Phi) is 4.92. The van der Waals surface area contributed by atoms with Gasteiger partial charge in [-0.3, -0.25) is 14.5 Å². The number of aryl methyl sites for hydroxylation is 1. The summed E-state index contributed by atoms with van der Waals surface area (Å²) in [6, 6.07) is 11.3. The predicted octanol–water partition coefficient (Wildman–Crippen LogP) is 2.68. The van der Waals surface area contributed by atoms with Crippen LogP contribution >= 0.6 is 11.3 Å². The van der Waals surface area contributed by atoms with Gasteiger partial charge in [0.25, 0.3) is 5.91 Å². The lowest BCUT2D eigenvalue weighted by molar-refractivity contribution is -0.123. The van der Waals surface area contributed by atoms with Crippen molar-refractivity contribution in [3.8, 4) is 10.7 Å². The van der Waals surface area contributed by atoms with E-state index in [9.17, 15) is 9.59 Å². The van der Waals surface area contributed by atoms with Crippen molar-refractivity contribution in [3.63, 3.8) is 0 Å². The first-order valence-electron chi connectivity index (χ1n) is 10.1. The van der Waals surface area contributed by atoms with E-state index in [2.05, 4.69) is 20.3 Å². The molecule has 2 aliphatic rings. The van der Waals surface area contributed by atoms with Crippen LogP contribution in [0.2, 0.25) is 0 Å². The van der Waals surface area contributed by atoms with Gasteiger partial charge < -0.3 is 0 Å². The van der Waals surface area contributed by atoms with Crippen molar-refractivity contribution in [3.05, 3.63) is 47.3 Å². The van der Waals surface area contributed by atoms with Gasteiger partial charge in [0, 0.05) is 13.1 Å². The summed E-state index contributed by atoms with van der Waals surface area (Å²) in [4.78, 5) is 31.8. The fourth-order valence-corrected chi connectivity index (χ4v) is 4.90. The molecule has 0 spiro atoms. The normalized spacial score (nSPS) is 21.0. The highest BCUT2D eigenvalue weighted by Gasteiger charge is 2.43. The number of piperidine rings is 1. The molecule has 3 aromatic rings. The van der Waals surface area contributed by atoms with Gasteiger partial charge in [-0.05, 0) is 54.1 Å². The van der Waals surface area contributed by atoms with E-state index in [4.69, 9.17) is 0 Å². The van der Waals surface area contributed by atoms with Crippen molar-refractivity contribution in [2.75, 3.05) is 18.0 Å². The molecule has 2 aliphatic heterocycles. The van der Waals surface area contributed by atoms with Crippen molar-refractivity contribution in [1.82, 2.24) is 25.1 Å². The second kappa shape index (κ2) is 7.73. The number of benzene rings is 1. The Labute approximate surface area is 178 Å². The third-order valence-electron chi connectivity index (χ3n) is 5.82. The summed E-state index contributed by atoms with van der Waals surface area (Å²) in [5, 5.41) is 15.0. The molecule has 0 aliphatic carbocycles. The average Bonchev–Trinajstić information content (AvgIpc) is 3.48. The largest absolute Gasteiger partial charge is 0.291 e. The molecule has 0 saturated carbocycles. The number of likely N-dealkylation sites (tertiary alicyclic amines) is 1. The molecule has 1 unspecified atom stereocenters. The number of carbonyl (C=O) groups excluding carboxylic acids is 2. The molecule has 0 bridgehead atoms. The van der Waals surface area contributed by atoms with Gasteiger partial charge in [-0.15, -0.1) is 21.5 Å². The van der Waals surface area contributed by atoms with Crippen LogP contribution in [0.3, 0.4) is 0 Å². The van der Waals surface area contributed by atoms with Gasteiger partial charge in [-0.2, -0.15) is 4.80 Å². The maximum absolute atomic E-state index is 13.0. The molecule has 9 heteroatoms. The highest BCUT2D eigenvalue weighted by molar-refractivity contribution is 7.13. The van der Waals surface area contributed by atoms with Crippen LogP contribution in [-0.4, -0.2) is 56.1 Å². The van der Waals surface area contributed by atoms with Gasteiger partial charge in [-0.25, -0.2) is 4.90 Å². The van der Waals surface area contributed by atoms with Crippen LogP contribution in [0.15, 0.2) is 41.8 Å². The van der Waals surface area contributed by atoms with Crippen LogP contribution < -0.4 is 4.90 Å². The first-order valence-corrected chi connectivity index (χ1v) is 11.0. The zero-order valence-electron chi connectivity index (χ0n) is 16.6. The number of aromatic nitrogens is 4. The number of tetrazole rings is 1. The molecule has 4 heterocycles. The summed E-state index contributed by atoms with van der Waals surface area (Å²) in [6.45, 7) is 3.41. The van der Waals surface area contributed by atoms with E-state index < -0.39 is 0 Å². The minimum atomic E-state index is -0.385. The van der Waals surface area contributed by atoms with Crippen molar-refractivity contribution in [2.45, 2.75) is 38.3 Å².